The second kappa shape index (κ2) is 6.06. The number of hydrazine groups is 1. The molecule has 0 saturated heterocycles. The van der Waals surface area contributed by atoms with Crippen molar-refractivity contribution in [2.75, 3.05) is 12.0 Å². The van der Waals surface area contributed by atoms with Gasteiger partial charge in [0.05, 0.1) is 18.6 Å². The standard InChI is InChI=1S/C16H14N4O3S/c21-13(9-4-2-1-3-5-9)19-20-16-17-14(22)12-10-6-7-23-8-11(10)24-15(12)18-16/h1-5H,6-8H2,(H,19,21)(H2,17,18,20,22). The summed E-state index contributed by atoms with van der Waals surface area (Å²) in [6, 6.07) is 8.78. The Morgan fingerprint density at radius 3 is 2.96 bits per heavy atom. The molecule has 0 unspecified atom stereocenters. The molecule has 3 aromatic rings. The first-order chi connectivity index (χ1) is 11.7. The fourth-order valence-corrected chi connectivity index (χ4v) is 3.83. The van der Waals surface area contributed by atoms with Gasteiger partial charge < -0.3 is 4.74 Å². The Hall–Kier alpha value is -2.71. The molecule has 1 aliphatic heterocycles. The normalized spacial score (nSPS) is 13.5. The number of H-pyrrole nitrogens is 1. The number of aromatic nitrogens is 2. The highest BCUT2D eigenvalue weighted by Crippen LogP contribution is 2.31. The zero-order valence-corrected chi connectivity index (χ0v) is 13.4. The molecule has 8 heteroatoms. The fraction of sp³-hybridized carbons (Fsp3) is 0.188. The van der Waals surface area contributed by atoms with Crippen molar-refractivity contribution in [3.05, 3.63) is 56.7 Å². The number of hydrogen-bond acceptors (Lipinski definition) is 6. The summed E-state index contributed by atoms with van der Waals surface area (Å²) in [6.07, 6.45) is 0.720. The van der Waals surface area contributed by atoms with Gasteiger partial charge in [-0.05, 0) is 24.1 Å². The van der Waals surface area contributed by atoms with Gasteiger partial charge >= 0.3 is 0 Å². The first-order valence-corrected chi connectivity index (χ1v) is 8.28. The molecule has 2 aromatic heterocycles. The van der Waals surface area contributed by atoms with E-state index in [9.17, 15) is 9.59 Å². The van der Waals surface area contributed by atoms with Crippen molar-refractivity contribution in [3.8, 4) is 0 Å². The van der Waals surface area contributed by atoms with Gasteiger partial charge in [-0.2, -0.15) is 0 Å². The molecular formula is C16H14N4O3S. The molecule has 0 bridgehead atoms. The van der Waals surface area contributed by atoms with Crippen molar-refractivity contribution in [2.24, 2.45) is 0 Å². The SMILES string of the molecule is O=C(NNc1nc2sc3c(c2c(=O)[nH]1)CCOC3)c1ccccc1. The molecule has 3 heterocycles. The van der Waals surface area contributed by atoms with Gasteiger partial charge in [0.2, 0.25) is 5.95 Å². The highest BCUT2D eigenvalue weighted by molar-refractivity contribution is 7.18. The maximum atomic E-state index is 12.4. The number of benzene rings is 1. The van der Waals surface area contributed by atoms with Crippen LogP contribution in [0.25, 0.3) is 10.2 Å². The van der Waals surface area contributed by atoms with Crippen molar-refractivity contribution >= 4 is 33.4 Å². The highest BCUT2D eigenvalue weighted by Gasteiger charge is 2.20. The van der Waals surface area contributed by atoms with E-state index >= 15 is 0 Å². The molecule has 0 fully saturated rings. The molecule has 7 nitrogen and oxygen atoms in total. The monoisotopic (exact) mass is 342 g/mol. The van der Waals surface area contributed by atoms with Crippen LogP contribution in [0.4, 0.5) is 5.95 Å². The van der Waals surface area contributed by atoms with E-state index in [1.165, 1.54) is 11.3 Å². The van der Waals surface area contributed by atoms with Gasteiger partial charge in [-0.15, -0.1) is 11.3 Å². The average Bonchev–Trinajstić information content (AvgIpc) is 2.99. The predicted octanol–water partition coefficient (Wildman–Crippen LogP) is 1.81. The number of ether oxygens (including phenoxy) is 1. The molecule has 0 spiro atoms. The third-order valence-corrected chi connectivity index (χ3v) is 4.90. The molecular weight excluding hydrogens is 328 g/mol. The van der Waals surface area contributed by atoms with E-state index in [0.29, 0.717) is 29.0 Å². The Morgan fingerprint density at radius 2 is 2.12 bits per heavy atom. The molecule has 122 valence electrons. The number of rotatable bonds is 3. The Morgan fingerprint density at radius 1 is 1.29 bits per heavy atom. The van der Waals surface area contributed by atoms with Crippen LogP contribution in [0.2, 0.25) is 0 Å². The minimum Gasteiger partial charge on any atom is -0.376 e. The summed E-state index contributed by atoms with van der Waals surface area (Å²) in [4.78, 5) is 33.1. The van der Waals surface area contributed by atoms with E-state index in [4.69, 9.17) is 4.74 Å². The number of thiophene rings is 1. The van der Waals surface area contributed by atoms with E-state index < -0.39 is 0 Å². The second-order valence-electron chi connectivity index (χ2n) is 5.35. The van der Waals surface area contributed by atoms with Crippen LogP contribution >= 0.6 is 11.3 Å². The molecule has 0 atom stereocenters. The third kappa shape index (κ3) is 2.66. The number of anilines is 1. The summed E-state index contributed by atoms with van der Waals surface area (Å²) in [6.45, 7) is 1.13. The summed E-state index contributed by atoms with van der Waals surface area (Å²) >= 11 is 1.45. The van der Waals surface area contributed by atoms with Crippen LogP contribution in [0.3, 0.4) is 0 Å². The van der Waals surface area contributed by atoms with Crippen molar-refractivity contribution in [3.63, 3.8) is 0 Å². The van der Waals surface area contributed by atoms with Crippen LogP contribution in [0, 0.1) is 0 Å². The summed E-state index contributed by atoms with van der Waals surface area (Å²) in [5, 5.41) is 0.623. The molecule has 24 heavy (non-hydrogen) atoms. The second-order valence-corrected chi connectivity index (χ2v) is 6.43. The number of nitrogens with zero attached hydrogens (tertiary/aromatic N) is 1. The lowest BCUT2D eigenvalue weighted by Gasteiger charge is -2.11. The number of nitrogens with one attached hydrogen (secondary N) is 3. The molecule has 3 N–H and O–H groups in total. The fourth-order valence-electron chi connectivity index (χ4n) is 2.67. The first kappa shape index (κ1) is 14.9. The van der Waals surface area contributed by atoms with Crippen molar-refractivity contribution in [1.29, 1.82) is 0 Å². The van der Waals surface area contributed by atoms with Gasteiger partial charge in [-0.25, -0.2) is 4.98 Å². The molecule has 1 aromatic carbocycles. The van der Waals surface area contributed by atoms with Gasteiger partial charge in [0.15, 0.2) is 0 Å². The van der Waals surface area contributed by atoms with Crippen LogP contribution in [0.5, 0.6) is 0 Å². The first-order valence-electron chi connectivity index (χ1n) is 7.46. The zero-order valence-electron chi connectivity index (χ0n) is 12.6. The molecule has 1 aliphatic rings. The summed E-state index contributed by atoms with van der Waals surface area (Å²) < 4.78 is 5.42. The largest absolute Gasteiger partial charge is 0.376 e. The number of hydrogen-bond donors (Lipinski definition) is 3. The van der Waals surface area contributed by atoms with Crippen LogP contribution in [-0.4, -0.2) is 22.5 Å². The number of fused-ring (bicyclic) bond motifs is 3. The van der Waals surface area contributed by atoms with E-state index in [-0.39, 0.29) is 17.4 Å². The van der Waals surface area contributed by atoms with E-state index in [1.807, 2.05) is 6.07 Å². The van der Waals surface area contributed by atoms with Crippen LogP contribution in [0.15, 0.2) is 35.1 Å². The highest BCUT2D eigenvalue weighted by atomic mass is 32.1. The van der Waals surface area contributed by atoms with Gasteiger partial charge in [0, 0.05) is 10.4 Å². The van der Waals surface area contributed by atoms with Crippen molar-refractivity contribution in [1.82, 2.24) is 15.4 Å². The van der Waals surface area contributed by atoms with E-state index in [0.717, 1.165) is 16.9 Å². The summed E-state index contributed by atoms with van der Waals surface area (Å²) in [5.41, 5.74) is 6.51. The lowest BCUT2D eigenvalue weighted by Crippen LogP contribution is -2.31. The minimum atomic E-state index is -0.308. The number of amides is 1. The maximum absolute atomic E-state index is 12.4. The quantitative estimate of drug-likeness (QED) is 0.631. The van der Waals surface area contributed by atoms with Crippen molar-refractivity contribution < 1.29 is 9.53 Å². The predicted molar refractivity (Wildman–Crippen MR) is 91.1 cm³/mol. The summed E-state index contributed by atoms with van der Waals surface area (Å²) in [5.74, 6) is -0.103. The summed E-state index contributed by atoms with van der Waals surface area (Å²) in [7, 11) is 0. The number of aromatic amines is 1. The third-order valence-electron chi connectivity index (χ3n) is 3.80. The van der Waals surface area contributed by atoms with Crippen molar-refractivity contribution in [2.45, 2.75) is 13.0 Å². The van der Waals surface area contributed by atoms with Crippen LogP contribution in [0.1, 0.15) is 20.8 Å². The minimum absolute atomic E-state index is 0.205. The number of carbonyl (C=O) groups excluding carboxylic acids is 1. The molecule has 0 saturated carbocycles. The topological polar surface area (TPSA) is 96.1 Å². The lowest BCUT2D eigenvalue weighted by atomic mass is 10.1. The Labute approximate surface area is 140 Å². The van der Waals surface area contributed by atoms with Gasteiger partial charge in [-0.1, -0.05) is 18.2 Å². The Kier molecular flexibility index (Phi) is 3.75. The molecule has 4 rings (SSSR count). The Balaban J connectivity index is 1.59. The van der Waals surface area contributed by atoms with E-state index in [2.05, 4.69) is 20.8 Å². The maximum Gasteiger partial charge on any atom is 0.269 e. The van der Waals surface area contributed by atoms with E-state index in [1.54, 1.807) is 24.3 Å². The van der Waals surface area contributed by atoms with Gasteiger partial charge in [0.1, 0.15) is 4.83 Å². The lowest BCUT2D eigenvalue weighted by molar-refractivity contribution is 0.0962. The Bertz CT molecular complexity index is 965. The molecule has 0 radical (unpaired) electrons. The smallest absolute Gasteiger partial charge is 0.269 e. The van der Waals surface area contributed by atoms with Crippen LogP contribution < -0.4 is 16.4 Å². The average molecular weight is 342 g/mol. The van der Waals surface area contributed by atoms with Gasteiger partial charge in [-0.3, -0.25) is 25.4 Å². The zero-order chi connectivity index (χ0) is 16.5. The van der Waals surface area contributed by atoms with Gasteiger partial charge in [0.25, 0.3) is 11.5 Å². The molecule has 0 aliphatic carbocycles. The van der Waals surface area contributed by atoms with Crippen LogP contribution in [-0.2, 0) is 17.8 Å². The molecule has 1 amide bonds. The number of carbonyl (C=O) groups is 1.